The molecule has 9 heteroatoms. The van der Waals surface area contributed by atoms with Crippen LogP contribution >= 0.6 is 0 Å². The van der Waals surface area contributed by atoms with Gasteiger partial charge < -0.3 is 30.3 Å². The normalized spacial score (nSPS) is 4.80. The average molecular weight is 185 g/mol. The Labute approximate surface area is 120 Å². The predicted molar refractivity (Wildman–Crippen MR) is 18.4 cm³/mol. The third-order valence-corrected chi connectivity index (χ3v) is 0. The molecule has 0 aromatic heterocycles. The van der Waals surface area contributed by atoms with Crippen LogP contribution in [0, 0.1) is 15.3 Å². The van der Waals surface area contributed by atoms with E-state index in [1.165, 1.54) is 0 Å². The first kappa shape index (κ1) is 22.5. The predicted octanol–water partition coefficient (Wildman–Crippen LogP) is -7.34. The molecule has 0 aromatic carbocycles. The maximum absolute atomic E-state index is 8.44. The van der Waals surface area contributed by atoms with Crippen molar-refractivity contribution in [3.63, 3.8) is 0 Å². The smallest absolute Gasteiger partial charge is 0.565 e. The van der Waals surface area contributed by atoms with Gasteiger partial charge >= 0.3 is 80.9 Å². The number of nitrogens with zero attached hydrogens (tertiary/aromatic N) is 1. The van der Waals surface area contributed by atoms with Crippen LogP contribution in [0.3, 0.4) is 0 Å². The van der Waals surface area contributed by atoms with Gasteiger partial charge in [-0.3, -0.25) is 0 Å². The van der Waals surface area contributed by atoms with E-state index in [0.717, 1.165) is 0 Å². The number of hydrogen-bond donors (Lipinski definition) is 1. The van der Waals surface area contributed by atoms with Crippen molar-refractivity contribution in [1.29, 1.82) is 0 Å². The third-order valence-electron chi connectivity index (χ3n) is 0. The quantitative estimate of drug-likeness (QED) is 0.227. The van der Waals surface area contributed by atoms with E-state index in [4.69, 9.17) is 30.3 Å². The molecular formula is CHKNNaO6. The van der Waals surface area contributed by atoms with E-state index >= 15 is 0 Å². The zero-order valence-electron chi connectivity index (χ0n) is 5.44. The molecule has 0 rings (SSSR count). The number of rotatable bonds is 0. The first-order valence-electron chi connectivity index (χ1n) is 1.18. The van der Waals surface area contributed by atoms with Crippen molar-refractivity contribution in [3.05, 3.63) is 15.3 Å². The minimum atomic E-state index is -2.08. The van der Waals surface area contributed by atoms with E-state index in [-0.39, 0.29) is 80.9 Å². The Morgan fingerprint density at radius 2 is 1.40 bits per heavy atom. The van der Waals surface area contributed by atoms with Crippen molar-refractivity contribution < 1.29 is 101 Å². The number of hydrogen-bond acceptors (Lipinski definition) is 5. The first-order valence-corrected chi connectivity index (χ1v) is 1.18. The number of carboxylic acid groups (broad SMARTS) is 2. The van der Waals surface area contributed by atoms with Gasteiger partial charge in [0.05, 0.1) is 5.09 Å². The van der Waals surface area contributed by atoms with Gasteiger partial charge in [0.1, 0.15) is 0 Å². The van der Waals surface area contributed by atoms with Gasteiger partial charge in [-0.05, 0) is 0 Å². The maximum Gasteiger partial charge on any atom is 1.00 e. The summed E-state index contributed by atoms with van der Waals surface area (Å²) >= 11 is 0. The van der Waals surface area contributed by atoms with Gasteiger partial charge in [0.2, 0.25) is 6.16 Å². The Morgan fingerprint density at radius 1 is 1.40 bits per heavy atom. The van der Waals surface area contributed by atoms with Crippen LogP contribution in [-0.2, 0) is 0 Å². The summed E-state index contributed by atoms with van der Waals surface area (Å²) in [7, 11) is 0. The second-order valence-corrected chi connectivity index (χ2v) is 0.490. The molecule has 0 fully saturated rings. The fraction of sp³-hybridized carbons (Fsp3) is 0. The molecule has 0 aliphatic rings. The summed E-state index contributed by atoms with van der Waals surface area (Å²) in [6.45, 7) is 0. The molecule has 0 saturated heterocycles. The van der Waals surface area contributed by atoms with Gasteiger partial charge in [-0.2, -0.15) is 0 Å². The van der Waals surface area contributed by atoms with E-state index in [1.807, 2.05) is 0 Å². The Morgan fingerprint density at radius 3 is 1.40 bits per heavy atom. The Bertz CT molecular complexity index is 75.7. The average Bonchev–Trinajstić information content (AvgIpc) is 1.25. The molecule has 0 bridgehead atoms. The van der Waals surface area contributed by atoms with Crippen molar-refractivity contribution in [2.24, 2.45) is 0 Å². The Kier molecular flexibility index (Phi) is 37.3. The summed E-state index contributed by atoms with van der Waals surface area (Å²) < 4.78 is 0. The fourth-order valence-corrected chi connectivity index (χ4v) is 0. The molecule has 1 N–H and O–H groups in total. The summed E-state index contributed by atoms with van der Waals surface area (Å²) in [6, 6.07) is 0. The topological polar surface area (TPSA) is 127 Å². The van der Waals surface area contributed by atoms with Gasteiger partial charge in [0.15, 0.2) is 0 Å². The Hall–Kier alpha value is 1.11. The molecule has 0 heterocycles. The minimum absolute atomic E-state index is 0. The standard InChI is InChI=1S/CH2O3.K.NO3.Na/c2-1(3)4;;2-1(3)4;/h(H2,2,3,4);;;/q;+1;-1;+1/p-1. The van der Waals surface area contributed by atoms with E-state index < -0.39 is 11.2 Å². The van der Waals surface area contributed by atoms with Crippen molar-refractivity contribution in [1.82, 2.24) is 0 Å². The maximum atomic E-state index is 8.44. The van der Waals surface area contributed by atoms with E-state index in [2.05, 4.69) is 0 Å². The van der Waals surface area contributed by atoms with Gasteiger partial charge in [0, 0.05) is 0 Å². The van der Waals surface area contributed by atoms with Crippen molar-refractivity contribution >= 4 is 6.16 Å². The van der Waals surface area contributed by atoms with Crippen LogP contribution in [0.25, 0.3) is 0 Å². The van der Waals surface area contributed by atoms with Gasteiger partial charge in [-0.15, -0.1) is 0 Å². The van der Waals surface area contributed by atoms with Crippen LogP contribution in [0.4, 0.5) is 4.79 Å². The van der Waals surface area contributed by atoms with Crippen LogP contribution in [0.1, 0.15) is 0 Å². The van der Waals surface area contributed by atoms with E-state index in [0.29, 0.717) is 0 Å². The molecule has 0 aliphatic heterocycles. The summed E-state index contributed by atoms with van der Waals surface area (Å²) in [6.07, 6.45) is -2.08. The second kappa shape index (κ2) is 16.6. The first-order chi connectivity index (χ1) is 3.46. The zero-order chi connectivity index (χ0) is 7.15. The molecule has 7 nitrogen and oxygen atoms in total. The monoisotopic (exact) mass is 185 g/mol. The van der Waals surface area contributed by atoms with Crippen molar-refractivity contribution in [2.45, 2.75) is 0 Å². The van der Waals surface area contributed by atoms with Crippen LogP contribution < -0.4 is 86.0 Å². The molecule has 0 aromatic rings. The second-order valence-electron chi connectivity index (χ2n) is 0.490. The van der Waals surface area contributed by atoms with Crippen molar-refractivity contribution in [3.8, 4) is 0 Å². The van der Waals surface area contributed by atoms with Crippen LogP contribution in [0.2, 0.25) is 0 Å². The molecule has 0 saturated carbocycles. The largest absolute Gasteiger partial charge is 1.00 e. The summed E-state index contributed by atoms with van der Waals surface area (Å²) in [5.41, 5.74) is 0. The minimum Gasteiger partial charge on any atom is -0.565 e. The van der Waals surface area contributed by atoms with Crippen molar-refractivity contribution in [2.75, 3.05) is 0 Å². The van der Waals surface area contributed by atoms with E-state index in [1.54, 1.807) is 0 Å². The van der Waals surface area contributed by atoms with Crippen LogP contribution in [0.15, 0.2) is 0 Å². The summed E-state index contributed by atoms with van der Waals surface area (Å²) in [4.78, 5) is 16.7. The fourth-order valence-electron chi connectivity index (χ4n) is 0. The van der Waals surface area contributed by atoms with Gasteiger partial charge in [0.25, 0.3) is 0 Å². The van der Waals surface area contributed by atoms with Crippen LogP contribution in [-0.4, -0.2) is 16.3 Å². The zero-order valence-corrected chi connectivity index (χ0v) is 10.6. The van der Waals surface area contributed by atoms with Gasteiger partial charge in [-0.1, -0.05) is 0 Å². The summed E-state index contributed by atoms with van der Waals surface area (Å²) in [5, 5.41) is 30.1. The molecule has 48 valence electrons. The summed E-state index contributed by atoms with van der Waals surface area (Å²) in [5.74, 6) is 0. The molecule has 0 amide bonds. The molecule has 10 heavy (non-hydrogen) atoms. The Balaban J connectivity index is -0.0000000300. The molecule has 0 aliphatic carbocycles. The molecular weight excluding hydrogens is 184 g/mol. The van der Waals surface area contributed by atoms with E-state index in [9.17, 15) is 0 Å². The van der Waals surface area contributed by atoms with Gasteiger partial charge in [-0.25, -0.2) is 0 Å². The molecule has 0 radical (unpaired) electrons. The number of carbonyl (C=O) groups is 1. The molecule has 0 atom stereocenters. The molecule has 0 unspecified atom stereocenters. The molecule has 0 spiro atoms. The third kappa shape index (κ3) is 489. The SMILES string of the molecule is O=C([O-])O.O=[N+]([O-])[O-].[K+].[Na+]. The van der Waals surface area contributed by atoms with Crippen LogP contribution in [0.5, 0.6) is 0 Å².